The molecule has 0 bridgehead atoms. The minimum atomic E-state index is -2.34. The van der Waals surface area contributed by atoms with Gasteiger partial charge in [0.15, 0.2) is 44.0 Å². The van der Waals surface area contributed by atoms with E-state index in [1.165, 1.54) is 0 Å². The first kappa shape index (κ1) is 64.1. The van der Waals surface area contributed by atoms with Gasteiger partial charge in [-0.1, -0.05) is 0 Å². The van der Waals surface area contributed by atoms with Crippen LogP contribution in [0, 0.1) is 0 Å². The van der Waals surface area contributed by atoms with E-state index in [1.807, 2.05) is 0 Å². The summed E-state index contributed by atoms with van der Waals surface area (Å²) in [7, 11) is 0. The second kappa shape index (κ2) is 27.5. The Balaban J connectivity index is 1.20. The molecule has 0 aromatic heterocycles. The Morgan fingerprint density at radius 2 is 0.372 bits per heavy atom. The van der Waals surface area contributed by atoms with Gasteiger partial charge in [0.1, 0.15) is 171 Å². The molecule has 36 nitrogen and oxygen atoms in total. The maximum atomic E-state index is 11.7. The fourth-order valence-corrected chi connectivity index (χ4v) is 9.88. The van der Waals surface area contributed by atoms with Crippen molar-refractivity contribution < 1.29 is 179 Å². The van der Waals surface area contributed by atoms with Crippen LogP contribution in [0.4, 0.5) is 0 Å². The second-order valence-corrected chi connectivity index (χ2v) is 19.6. The average Bonchev–Trinajstić information content (AvgIpc) is 3.43. The smallest absolute Gasteiger partial charge is 0.187 e. The van der Waals surface area contributed by atoms with Crippen LogP contribution in [0.25, 0.3) is 0 Å². The van der Waals surface area contributed by atoms with E-state index in [4.69, 9.17) is 61.6 Å². The molecule has 0 amide bonds. The van der Waals surface area contributed by atoms with E-state index in [0.29, 0.717) is 0 Å². The number of hydrogen-bond donors (Lipinski definition) is 23. The van der Waals surface area contributed by atoms with Crippen molar-refractivity contribution in [2.24, 2.45) is 0 Å². The summed E-state index contributed by atoms with van der Waals surface area (Å²) in [6, 6.07) is 0. The highest BCUT2D eigenvalue weighted by atomic mass is 16.8. The number of hydrogen-bond acceptors (Lipinski definition) is 36. The molecule has 0 aromatic carbocycles. The number of aliphatic hydroxyl groups excluding tert-OH is 23. The third-order valence-corrected chi connectivity index (χ3v) is 14.6. The summed E-state index contributed by atoms with van der Waals surface area (Å²) in [5.41, 5.74) is 0. The molecule has 36 heteroatoms. The van der Waals surface area contributed by atoms with Crippen molar-refractivity contribution >= 4 is 0 Å². The lowest BCUT2D eigenvalue weighted by Crippen LogP contribution is -2.69. The highest BCUT2D eigenvalue weighted by molar-refractivity contribution is 5.01. The molecule has 35 atom stereocenters. The molecule has 7 rings (SSSR count). The molecule has 0 aromatic rings. The molecule has 0 radical (unpaired) electrons. The van der Waals surface area contributed by atoms with Gasteiger partial charge in [0, 0.05) is 0 Å². The van der Waals surface area contributed by atoms with Crippen molar-refractivity contribution in [2.45, 2.75) is 215 Å². The van der Waals surface area contributed by atoms with Gasteiger partial charge in [-0.3, -0.25) is 0 Å². The van der Waals surface area contributed by atoms with Gasteiger partial charge in [0.25, 0.3) is 0 Å². The summed E-state index contributed by atoms with van der Waals surface area (Å²) in [5, 5.41) is 246. The largest absolute Gasteiger partial charge is 0.394 e. The predicted octanol–water partition coefficient (Wildman–Crippen LogP) is -16.3. The summed E-state index contributed by atoms with van der Waals surface area (Å²) in [4.78, 5) is 0. The lowest BCUT2D eigenvalue weighted by molar-refractivity contribution is -0.420. The normalized spacial score (nSPS) is 53.5. The van der Waals surface area contributed by atoms with Crippen molar-refractivity contribution in [3.05, 3.63) is 0 Å². The molecule has 456 valence electrons. The first-order valence-electron chi connectivity index (χ1n) is 24.7. The van der Waals surface area contributed by atoms with Crippen LogP contribution in [0.5, 0.6) is 0 Å². The van der Waals surface area contributed by atoms with Crippen molar-refractivity contribution in [3.63, 3.8) is 0 Å². The molecular formula is C42H72O36. The zero-order chi connectivity index (χ0) is 57.3. The molecule has 7 heterocycles. The van der Waals surface area contributed by atoms with Gasteiger partial charge < -0.3 is 179 Å². The van der Waals surface area contributed by atoms with Crippen molar-refractivity contribution in [3.8, 4) is 0 Å². The quantitative estimate of drug-likeness (QED) is 0.0571. The SMILES string of the molecule is OC[C@H]1O[C@H](O[C@@H]2[C@@H](O[C@@H]3[C@@H](O[C@@H]4[C@@H](O[C@@H]5[C@@H](O[C@@H]6[C@@H](O[C@H]7[C@@H](O)[C@H](O)[C@@H](CO)O[C@@H]7O)O[C@H](CO)[C@@H](O)[C@@H]6O)O[C@H](CO)[C@@H](O)[C@@H]5O)O[C@H](CO)[C@@H](O)[C@@H]4O)O[C@H](CO)[C@@H](O)[C@@H]3O)O[C@H](CO)[C@@H](O)[C@@H]2O)[C@@H](O)[C@@H](O)[C@@H]1O. The monoisotopic (exact) mass is 1150 g/mol. The molecule has 7 fully saturated rings. The van der Waals surface area contributed by atoms with Gasteiger partial charge in [-0.05, 0) is 0 Å². The summed E-state index contributed by atoms with van der Waals surface area (Å²) < 4.78 is 74.3. The van der Waals surface area contributed by atoms with E-state index in [1.54, 1.807) is 0 Å². The van der Waals surface area contributed by atoms with Crippen LogP contribution in [0.2, 0.25) is 0 Å². The maximum absolute atomic E-state index is 11.7. The van der Waals surface area contributed by atoms with E-state index in [9.17, 15) is 117 Å². The van der Waals surface area contributed by atoms with Gasteiger partial charge >= 0.3 is 0 Å². The molecule has 0 unspecified atom stereocenters. The third-order valence-electron chi connectivity index (χ3n) is 14.6. The fourth-order valence-electron chi connectivity index (χ4n) is 9.88. The van der Waals surface area contributed by atoms with E-state index >= 15 is 0 Å². The Kier molecular flexibility index (Phi) is 22.6. The maximum Gasteiger partial charge on any atom is 0.187 e. The number of aliphatic hydroxyl groups is 23. The Morgan fingerprint density at radius 1 is 0.192 bits per heavy atom. The highest BCUT2D eigenvalue weighted by Gasteiger charge is 2.59. The van der Waals surface area contributed by atoms with E-state index in [0.717, 1.165) is 0 Å². The van der Waals surface area contributed by atoms with E-state index in [2.05, 4.69) is 0 Å². The van der Waals surface area contributed by atoms with Crippen LogP contribution < -0.4 is 0 Å². The summed E-state index contributed by atoms with van der Waals surface area (Å²) in [6.07, 6.45) is -72.5. The molecule has 7 aliphatic rings. The van der Waals surface area contributed by atoms with E-state index in [-0.39, 0.29) is 0 Å². The van der Waals surface area contributed by atoms with Gasteiger partial charge in [0.2, 0.25) is 0 Å². The molecule has 7 aliphatic heterocycles. The van der Waals surface area contributed by atoms with E-state index < -0.39 is 261 Å². The lowest BCUT2D eigenvalue weighted by Gasteiger charge is -2.51. The number of ether oxygens (including phenoxy) is 13. The van der Waals surface area contributed by atoms with Gasteiger partial charge in [0.05, 0.1) is 46.2 Å². The van der Waals surface area contributed by atoms with Crippen LogP contribution in [0.3, 0.4) is 0 Å². The minimum absolute atomic E-state index is 0.890. The minimum Gasteiger partial charge on any atom is -0.394 e. The van der Waals surface area contributed by atoms with Crippen molar-refractivity contribution in [1.82, 2.24) is 0 Å². The Bertz CT molecular complexity index is 1820. The van der Waals surface area contributed by atoms with Crippen LogP contribution in [0.1, 0.15) is 0 Å². The standard InChI is InChI=1S/C42H72O36/c43-1-8-16(51)23(58)30(36(65)66-8)73-38-32(25(60)18(53)10(3-45)68-38)75-40-34(27(62)20(55)12(5-47)70-40)77-42-35(28(63)21(56)14(7-49)72-42)78-41-33(26(61)19(54)13(6-48)71-41)76-39-31(24(59)17(52)11(4-46)69-39)74-37-29(64)22(57)15(50)9(2-44)67-37/h8-65H,1-7H2/t8-,9-,10-,11-,12-,13-,14-,15-,16-,17-,18-,19-,20-,21-,22+,23+,24+,25+,26+,27+,28+,29+,30+,31+,32+,33+,34+,35+,36+,37-,38-,39-,40-,41-,42-/m1/s1. The van der Waals surface area contributed by atoms with Crippen LogP contribution in [-0.2, 0) is 61.6 Å². The van der Waals surface area contributed by atoms with Crippen LogP contribution in [0.15, 0.2) is 0 Å². The molecule has 78 heavy (non-hydrogen) atoms. The predicted molar refractivity (Wildman–Crippen MR) is 232 cm³/mol. The first-order valence-corrected chi connectivity index (χ1v) is 24.7. The fraction of sp³-hybridized carbons (Fsp3) is 1.00. The Hall–Kier alpha value is -1.44. The molecule has 23 N–H and O–H groups in total. The van der Waals surface area contributed by atoms with Crippen molar-refractivity contribution in [1.29, 1.82) is 0 Å². The molecular weight excluding hydrogens is 1080 g/mol. The zero-order valence-corrected chi connectivity index (χ0v) is 40.8. The summed E-state index contributed by atoms with van der Waals surface area (Å²) >= 11 is 0. The number of rotatable bonds is 19. The molecule has 0 aliphatic carbocycles. The third kappa shape index (κ3) is 12.9. The van der Waals surface area contributed by atoms with Crippen LogP contribution in [-0.4, -0.2) is 379 Å². The molecule has 7 saturated heterocycles. The zero-order valence-electron chi connectivity index (χ0n) is 40.8. The topological polar surface area (TPSA) is 585 Å². The Morgan fingerprint density at radius 3 is 0.615 bits per heavy atom. The van der Waals surface area contributed by atoms with Gasteiger partial charge in [-0.15, -0.1) is 0 Å². The lowest BCUT2D eigenvalue weighted by atomic mass is 9.95. The molecule has 0 spiro atoms. The molecule has 0 saturated carbocycles. The average molecular weight is 1150 g/mol. The van der Waals surface area contributed by atoms with Gasteiger partial charge in [-0.2, -0.15) is 0 Å². The van der Waals surface area contributed by atoms with Gasteiger partial charge in [-0.25, -0.2) is 0 Å². The van der Waals surface area contributed by atoms with Crippen LogP contribution >= 0.6 is 0 Å². The summed E-state index contributed by atoms with van der Waals surface area (Å²) in [6.45, 7) is -7.18. The summed E-state index contributed by atoms with van der Waals surface area (Å²) in [5.74, 6) is 0. The first-order chi connectivity index (χ1) is 37.0. The highest BCUT2D eigenvalue weighted by Crippen LogP contribution is 2.39. The second-order valence-electron chi connectivity index (χ2n) is 19.6. The Labute approximate surface area is 439 Å². The van der Waals surface area contributed by atoms with Crippen molar-refractivity contribution in [2.75, 3.05) is 46.2 Å².